The zero-order valence-electron chi connectivity index (χ0n) is 7.91. The van der Waals surface area contributed by atoms with Crippen LogP contribution in [0.1, 0.15) is 26.7 Å². The third-order valence-corrected chi connectivity index (χ3v) is 1.82. The Morgan fingerprint density at radius 2 is 2.18 bits per heavy atom. The van der Waals surface area contributed by atoms with E-state index in [0.717, 1.165) is 12.2 Å². The fourth-order valence-corrected chi connectivity index (χ4v) is 1.01. The van der Waals surface area contributed by atoms with Gasteiger partial charge in [0.25, 0.3) is 0 Å². The van der Waals surface area contributed by atoms with Gasteiger partial charge in [0.05, 0.1) is 0 Å². The molecule has 2 heteroatoms. The van der Waals surface area contributed by atoms with Gasteiger partial charge in [-0.2, -0.15) is 0 Å². The number of hydrogen-bond acceptors (Lipinski definition) is 2. The second-order valence-corrected chi connectivity index (χ2v) is 2.89. The van der Waals surface area contributed by atoms with E-state index in [9.17, 15) is 0 Å². The summed E-state index contributed by atoms with van der Waals surface area (Å²) in [5, 5.41) is 6.47. The van der Waals surface area contributed by atoms with Crippen molar-refractivity contribution in [1.29, 1.82) is 0 Å². The molecule has 11 heavy (non-hydrogen) atoms. The van der Waals surface area contributed by atoms with Gasteiger partial charge in [-0.25, -0.2) is 0 Å². The Morgan fingerprint density at radius 1 is 1.55 bits per heavy atom. The van der Waals surface area contributed by atoms with Crippen LogP contribution in [0.4, 0.5) is 0 Å². The average Bonchev–Trinajstić information content (AvgIpc) is 1.98. The molecular weight excluding hydrogens is 136 g/mol. The molecule has 0 aliphatic rings. The second kappa shape index (κ2) is 6.23. The highest BCUT2D eigenvalue weighted by atomic mass is 14.9. The Kier molecular flexibility index (Phi) is 5.94. The molecule has 0 amide bonds. The lowest BCUT2D eigenvalue weighted by Gasteiger charge is -2.14. The summed E-state index contributed by atoms with van der Waals surface area (Å²) in [6, 6.07) is 0.641. The SMILES string of the molecule is C=C(C)NCCC(CC)NC. The smallest absolute Gasteiger partial charge is 0.0158 e. The first-order valence-electron chi connectivity index (χ1n) is 4.27. The van der Waals surface area contributed by atoms with Gasteiger partial charge >= 0.3 is 0 Å². The van der Waals surface area contributed by atoms with E-state index >= 15 is 0 Å². The summed E-state index contributed by atoms with van der Waals surface area (Å²) in [4.78, 5) is 0. The molecule has 0 rings (SSSR count). The summed E-state index contributed by atoms with van der Waals surface area (Å²) in [5.74, 6) is 0. The van der Waals surface area contributed by atoms with Crippen LogP contribution in [-0.4, -0.2) is 19.6 Å². The maximum Gasteiger partial charge on any atom is 0.0158 e. The highest BCUT2D eigenvalue weighted by molar-refractivity contribution is 4.84. The van der Waals surface area contributed by atoms with Crippen molar-refractivity contribution in [2.45, 2.75) is 32.7 Å². The molecule has 0 spiro atoms. The van der Waals surface area contributed by atoms with E-state index in [2.05, 4.69) is 24.1 Å². The Bertz CT molecular complexity index is 106. The molecule has 66 valence electrons. The molecule has 0 aliphatic heterocycles. The topological polar surface area (TPSA) is 24.1 Å². The maximum atomic E-state index is 3.77. The average molecular weight is 156 g/mol. The Morgan fingerprint density at radius 3 is 2.55 bits per heavy atom. The largest absolute Gasteiger partial charge is 0.389 e. The van der Waals surface area contributed by atoms with Crippen molar-refractivity contribution in [2.24, 2.45) is 0 Å². The van der Waals surface area contributed by atoms with Crippen molar-refractivity contribution < 1.29 is 0 Å². The Labute approximate surface area is 70.1 Å². The summed E-state index contributed by atoms with van der Waals surface area (Å²) in [7, 11) is 2.01. The summed E-state index contributed by atoms with van der Waals surface area (Å²) < 4.78 is 0. The molecule has 0 fully saturated rings. The predicted molar refractivity (Wildman–Crippen MR) is 50.6 cm³/mol. The minimum Gasteiger partial charge on any atom is -0.389 e. The molecule has 1 unspecified atom stereocenters. The summed E-state index contributed by atoms with van der Waals surface area (Å²) >= 11 is 0. The van der Waals surface area contributed by atoms with Crippen molar-refractivity contribution in [3.8, 4) is 0 Å². The van der Waals surface area contributed by atoms with Crippen LogP contribution < -0.4 is 10.6 Å². The molecule has 0 aliphatic carbocycles. The van der Waals surface area contributed by atoms with Gasteiger partial charge in [-0.15, -0.1) is 0 Å². The minimum absolute atomic E-state index is 0.641. The normalized spacial score (nSPS) is 12.6. The summed E-state index contributed by atoms with van der Waals surface area (Å²) in [6.07, 6.45) is 2.36. The third kappa shape index (κ3) is 5.92. The molecule has 2 N–H and O–H groups in total. The standard InChI is InChI=1S/C9H20N2/c1-5-9(10-4)6-7-11-8(2)3/h9-11H,2,5-7H2,1,3-4H3. The van der Waals surface area contributed by atoms with Crippen LogP contribution in [0.2, 0.25) is 0 Å². The van der Waals surface area contributed by atoms with Crippen molar-refractivity contribution in [1.82, 2.24) is 10.6 Å². The van der Waals surface area contributed by atoms with Gasteiger partial charge in [0, 0.05) is 18.3 Å². The highest BCUT2D eigenvalue weighted by Crippen LogP contribution is 1.95. The maximum absolute atomic E-state index is 3.77. The lowest BCUT2D eigenvalue weighted by Crippen LogP contribution is -2.28. The highest BCUT2D eigenvalue weighted by Gasteiger charge is 2.00. The van der Waals surface area contributed by atoms with Crippen molar-refractivity contribution in [3.05, 3.63) is 12.3 Å². The van der Waals surface area contributed by atoms with Crippen molar-refractivity contribution in [3.63, 3.8) is 0 Å². The first kappa shape index (κ1) is 10.5. The minimum atomic E-state index is 0.641. The molecule has 2 nitrogen and oxygen atoms in total. The van der Waals surface area contributed by atoms with Crippen LogP contribution in [0, 0.1) is 0 Å². The molecule has 0 bridgehead atoms. The van der Waals surface area contributed by atoms with Crippen LogP contribution in [0.5, 0.6) is 0 Å². The van der Waals surface area contributed by atoms with Gasteiger partial charge in [0.2, 0.25) is 0 Å². The van der Waals surface area contributed by atoms with Gasteiger partial charge in [0.1, 0.15) is 0 Å². The van der Waals surface area contributed by atoms with Crippen molar-refractivity contribution >= 4 is 0 Å². The number of nitrogens with one attached hydrogen (secondary N) is 2. The Hall–Kier alpha value is -0.500. The second-order valence-electron chi connectivity index (χ2n) is 2.89. The molecule has 0 heterocycles. The predicted octanol–water partition coefficient (Wildman–Crippen LogP) is 1.50. The van der Waals surface area contributed by atoms with Gasteiger partial charge < -0.3 is 10.6 Å². The van der Waals surface area contributed by atoms with Gasteiger partial charge in [-0.1, -0.05) is 13.5 Å². The van der Waals surface area contributed by atoms with E-state index in [4.69, 9.17) is 0 Å². The zero-order valence-corrected chi connectivity index (χ0v) is 7.91. The van der Waals surface area contributed by atoms with Gasteiger partial charge in [-0.3, -0.25) is 0 Å². The lowest BCUT2D eigenvalue weighted by molar-refractivity contribution is 0.499. The molecule has 0 aromatic rings. The first-order valence-corrected chi connectivity index (χ1v) is 4.27. The molecule has 0 saturated carbocycles. The van der Waals surface area contributed by atoms with E-state index in [1.807, 2.05) is 14.0 Å². The molecule has 0 aromatic heterocycles. The van der Waals surface area contributed by atoms with Crippen LogP contribution >= 0.6 is 0 Å². The fourth-order valence-electron chi connectivity index (χ4n) is 1.01. The molecule has 0 aromatic carbocycles. The monoisotopic (exact) mass is 156 g/mol. The third-order valence-electron chi connectivity index (χ3n) is 1.82. The van der Waals surface area contributed by atoms with E-state index in [1.165, 1.54) is 12.8 Å². The van der Waals surface area contributed by atoms with E-state index in [1.54, 1.807) is 0 Å². The summed E-state index contributed by atoms with van der Waals surface area (Å²) in [6.45, 7) is 8.98. The number of allylic oxidation sites excluding steroid dienone is 1. The lowest BCUT2D eigenvalue weighted by atomic mass is 10.1. The number of rotatable bonds is 6. The molecule has 0 radical (unpaired) electrons. The summed E-state index contributed by atoms with van der Waals surface area (Å²) in [5.41, 5.74) is 1.05. The number of hydrogen-bond donors (Lipinski definition) is 2. The van der Waals surface area contributed by atoms with Crippen LogP contribution in [0.3, 0.4) is 0 Å². The van der Waals surface area contributed by atoms with E-state index in [-0.39, 0.29) is 0 Å². The van der Waals surface area contributed by atoms with Crippen LogP contribution in [-0.2, 0) is 0 Å². The van der Waals surface area contributed by atoms with Crippen molar-refractivity contribution in [2.75, 3.05) is 13.6 Å². The first-order chi connectivity index (χ1) is 5.20. The molecular formula is C9H20N2. The quantitative estimate of drug-likeness (QED) is 0.609. The van der Waals surface area contributed by atoms with E-state index in [0.29, 0.717) is 6.04 Å². The van der Waals surface area contributed by atoms with Gasteiger partial charge in [-0.05, 0) is 26.8 Å². The molecule has 1 atom stereocenters. The van der Waals surface area contributed by atoms with Crippen LogP contribution in [0.25, 0.3) is 0 Å². The zero-order chi connectivity index (χ0) is 8.69. The fraction of sp³-hybridized carbons (Fsp3) is 0.778. The molecule has 0 saturated heterocycles. The van der Waals surface area contributed by atoms with E-state index < -0.39 is 0 Å². The van der Waals surface area contributed by atoms with Gasteiger partial charge in [0.15, 0.2) is 0 Å². The Balaban J connectivity index is 3.28. The van der Waals surface area contributed by atoms with Crippen LogP contribution in [0.15, 0.2) is 12.3 Å².